The highest BCUT2D eigenvalue weighted by Crippen LogP contribution is 2.26. The SMILES string of the molecule is COc1cccc(CN2CCC[C@@](O)(CN(C)Cc3cnn(C)c3C)C2=O)c1. The van der Waals surface area contributed by atoms with Crippen LogP contribution in [0.2, 0.25) is 0 Å². The molecule has 1 aromatic heterocycles. The van der Waals surface area contributed by atoms with Crippen molar-refractivity contribution >= 4 is 5.91 Å². The third-order valence-electron chi connectivity index (χ3n) is 5.52. The minimum absolute atomic E-state index is 0.198. The van der Waals surface area contributed by atoms with Gasteiger partial charge in [-0.2, -0.15) is 5.10 Å². The number of carbonyl (C=O) groups excluding carboxylic acids is 1. The number of likely N-dealkylation sites (N-methyl/N-ethyl adjacent to an activating group) is 1. The number of ether oxygens (including phenoxy) is 1. The van der Waals surface area contributed by atoms with E-state index < -0.39 is 5.60 Å². The van der Waals surface area contributed by atoms with Gasteiger partial charge in [-0.05, 0) is 44.5 Å². The summed E-state index contributed by atoms with van der Waals surface area (Å²) < 4.78 is 7.10. The van der Waals surface area contributed by atoms with E-state index in [0.717, 1.165) is 29.0 Å². The number of nitrogens with zero attached hydrogens (tertiary/aromatic N) is 4. The Hall–Kier alpha value is -2.38. The Morgan fingerprint density at radius 3 is 2.86 bits per heavy atom. The number of carbonyl (C=O) groups is 1. The highest BCUT2D eigenvalue weighted by Gasteiger charge is 2.42. The summed E-state index contributed by atoms with van der Waals surface area (Å²) >= 11 is 0. The summed E-state index contributed by atoms with van der Waals surface area (Å²) in [6, 6.07) is 7.70. The standard InChI is InChI=1S/C21H30N4O3/c1-16-18(12-22-24(16)3)14-23(2)15-21(27)9-6-10-25(20(21)26)13-17-7-5-8-19(11-17)28-4/h5,7-8,11-12,27H,6,9-10,13-15H2,1-4H3/t21-/m1/s1. The number of aryl methyl sites for hydroxylation is 1. The zero-order valence-electron chi connectivity index (χ0n) is 17.2. The quantitative estimate of drug-likeness (QED) is 0.785. The van der Waals surface area contributed by atoms with Crippen molar-refractivity contribution in [1.82, 2.24) is 19.6 Å². The number of piperidine rings is 1. The van der Waals surface area contributed by atoms with Crippen molar-refractivity contribution in [3.05, 3.63) is 47.3 Å². The number of hydrogen-bond acceptors (Lipinski definition) is 5. The zero-order valence-corrected chi connectivity index (χ0v) is 17.2. The minimum atomic E-state index is -1.36. The molecule has 1 aliphatic rings. The fourth-order valence-corrected chi connectivity index (χ4v) is 3.85. The Balaban J connectivity index is 1.66. The fourth-order valence-electron chi connectivity index (χ4n) is 3.85. The highest BCUT2D eigenvalue weighted by atomic mass is 16.5. The molecular formula is C21H30N4O3. The molecular weight excluding hydrogens is 356 g/mol. The monoisotopic (exact) mass is 386 g/mol. The van der Waals surface area contributed by atoms with E-state index in [1.165, 1.54) is 0 Å². The van der Waals surface area contributed by atoms with E-state index in [2.05, 4.69) is 5.10 Å². The number of methoxy groups -OCH3 is 1. The predicted molar refractivity (Wildman–Crippen MR) is 107 cm³/mol. The summed E-state index contributed by atoms with van der Waals surface area (Å²) in [7, 11) is 5.47. The molecule has 3 rings (SSSR count). The van der Waals surface area contributed by atoms with Gasteiger partial charge in [-0.25, -0.2) is 0 Å². The van der Waals surface area contributed by atoms with Gasteiger partial charge >= 0.3 is 0 Å². The zero-order chi connectivity index (χ0) is 20.3. The molecule has 7 nitrogen and oxygen atoms in total. The van der Waals surface area contributed by atoms with Gasteiger partial charge in [0.05, 0.1) is 13.3 Å². The van der Waals surface area contributed by atoms with Crippen LogP contribution in [0.1, 0.15) is 29.7 Å². The molecule has 0 unspecified atom stereocenters. The molecule has 2 heterocycles. The molecule has 1 fully saturated rings. The number of hydrogen-bond donors (Lipinski definition) is 1. The van der Waals surface area contributed by atoms with E-state index in [-0.39, 0.29) is 5.91 Å². The van der Waals surface area contributed by atoms with Crippen LogP contribution in [0.3, 0.4) is 0 Å². The summed E-state index contributed by atoms with van der Waals surface area (Å²) in [5.41, 5.74) is 1.83. The van der Waals surface area contributed by atoms with E-state index in [9.17, 15) is 9.90 Å². The van der Waals surface area contributed by atoms with Gasteiger partial charge < -0.3 is 14.7 Å². The van der Waals surface area contributed by atoms with Crippen molar-refractivity contribution in [2.24, 2.45) is 7.05 Å². The van der Waals surface area contributed by atoms with Gasteiger partial charge in [0, 0.05) is 44.5 Å². The minimum Gasteiger partial charge on any atom is -0.497 e. The van der Waals surface area contributed by atoms with Gasteiger partial charge in [-0.15, -0.1) is 0 Å². The molecule has 1 aromatic carbocycles. The summed E-state index contributed by atoms with van der Waals surface area (Å²) in [6.07, 6.45) is 3.11. The molecule has 28 heavy (non-hydrogen) atoms. The summed E-state index contributed by atoms with van der Waals surface area (Å²) in [4.78, 5) is 16.8. The number of rotatable bonds is 7. The van der Waals surface area contributed by atoms with E-state index in [0.29, 0.717) is 32.6 Å². The molecule has 1 amide bonds. The molecule has 1 N–H and O–H groups in total. The Labute approximate surface area is 166 Å². The van der Waals surface area contributed by atoms with Crippen LogP contribution in [0.4, 0.5) is 0 Å². The Kier molecular flexibility index (Phi) is 6.05. The van der Waals surface area contributed by atoms with Gasteiger partial charge in [-0.1, -0.05) is 12.1 Å². The van der Waals surface area contributed by atoms with Crippen molar-refractivity contribution < 1.29 is 14.6 Å². The van der Waals surface area contributed by atoms with E-state index >= 15 is 0 Å². The Morgan fingerprint density at radius 1 is 1.39 bits per heavy atom. The van der Waals surface area contributed by atoms with Gasteiger partial charge in [0.15, 0.2) is 5.60 Å². The van der Waals surface area contributed by atoms with Crippen molar-refractivity contribution in [1.29, 1.82) is 0 Å². The van der Waals surface area contributed by atoms with Crippen LogP contribution in [0.5, 0.6) is 5.75 Å². The van der Waals surface area contributed by atoms with Crippen molar-refractivity contribution in [2.75, 3.05) is 27.2 Å². The maximum Gasteiger partial charge on any atom is 0.256 e. The third-order valence-corrected chi connectivity index (χ3v) is 5.52. The second-order valence-corrected chi connectivity index (χ2v) is 7.76. The molecule has 1 aliphatic heterocycles. The number of aliphatic hydroxyl groups is 1. The lowest BCUT2D eigenvalue weighted by Crippen LogP contribution is -2.57. The average Bonchev–Trinajstić information content (AvgIpc) is 2.97. The lowest BCUT2D eigenvalue weighted by atomic mass is 9.90. The van der Waals surface area contributed by atoms with Crippen LogP contribution in [-0.4, -0.2) is 63.4 Å². The van der Waals surface area contributed by atoms with Crippen molar-refractivity contribution in [2.45, 2.75) is 38.5 Å². The van der Waals surface area contributed by atoms with Crippen molar-refractivity contribution in [3.8, 4) is 5.75 Å². The lowest BCUT2D eigenvalue weighted by molar-refractivity contribution is -0.160. The molecule has 2 aromatic rings. The first-order valence-corrected chi connectivity index (χ1v) is 9.63. The molecule has 7 heteroatoms. The van der Waals surface area contributed by atoms with Gasteiger partial charge in [0.2, 0.25) is 0 Å². The van der Waals surface area contributed by atoms with Gasteiger partial charge in [0.25, 0.3) is 5.91 Å². The maximum atomic E-state index is 13.1. The number of likely N-dealkylation sites (tertiary alicyclic amines) is 1. The molecule has 1 atom stereocenters. The first-order chi connectivity index (χ1) is 13.3. The first kappa shape index (κ1) is 20.4. The van der Waals surface area contributed by atoms with Crippen LogP contribution in [-0.2, 0) is 24.9 Å². The summed E-state index contributed by atoms with van der Waals surface area (Å²) in [5, 5.41) is 15.4. The summed E-state index contributed by atoms with van der Waals surface area (Å²) in [5.74, 6) is 0.570. The maximum absolute atomic E-state index is 13.1. The molecule has 0 spiro atoms. The van der Waals surface area contributed by atoms with Gasteiger partial charge in [0.1, 0.15) is 5.75 Å². The van der Waals surface area contributed by atoms with Gasteiger partial charge in [-0.3, -0.25) is 14.4 Å². The van der Waals surface area contributed by atoms with Crippen LogP contribution in [0, 0.1) is 6.92 Å². The lowest BCUT2D eigenvalue weighted by Gasteiger charge is -2.40. The second kappa shape index (κ2) is 8.32. The normalized spacial score (nSPS) is 20.1. The predicted octanol–water partition coefficient (Wildman–Crippen LogP) is 1.72. The smallest absolute Gasteiger partial charge is 0.256 e. The fraction of sp³-hybridized carbons (Fsp3) is 0.524. The topological polar surface area (TPSA) is 70.8 Å². The van der Waals surface area contributed by atoms with Crippen LogP contribution in [0.15, 0.2) is 30.5 Å². The Morgan fingerprint density at radius 2 is 2.18 bits per heavy atom. The molecule has 1 saturated heterocycles. The number of amides is 1. The second-order valence-electron chi connectivity index (χ2n) is 7.76. The molecule has 152 valence electrons. The highest BCUT2D eigenvalue weighted by molar-refractivity contribution is 5.86. The molecule has 0 aliphatic carbocycles. The third kappa shape index (κ3) is 4.36. The van der Waals surface area contributed by atoms with Crippen LogP contribution < -0.4 is 4.74 Å². The van der Waals surface area contributed by atoms with Crippen molar-refractivity contribution in [3.63, 3.8) is 0 Å². The molecule has 0 saturated carbocycles. The first-order valence-electron chi connectivity index (χ1n) is 9.63. The average molecular weight is 386 g/mol. The van der Waals surface area contributed by atoms with E-state index in [4.69, 9.17) is 4.74 Å². The Bertz CT molecular complexity index is 835. The number of aromatic nitrogens is 2. The largest absolute Gasteiger partial charge is 0.497 e. The summed E-state index contributed by atoms with van der Waals surface area (Å²) in [6.45, 7) is 4.10. The van der Waals surface area contributed by atoms with E-state index in [1.807, 2.05) is 61.1 Å². The van der Waals surface area contributed by atoms with Crippen LogP contribution in [0.25, 0.3) is 0 Å². The number of benzene rings is 1. The van der Waals surface area contributed by atoms with Crippen LogP contribution >= 0.6 is 0 Å². The van der Waals surface area contributed by atoms with E-state index in [1.54, 1.807) is 12.0 Å². The molecule has 0 bridgehead atoms. The molecule has 0 radical (unpaired) electrons.